The maximum absolute atomic E-state index is 10.4. The fourth-order valence-electron chi connectivity index (χ4n) is 0.376. The van der Waals surface area contributed by atoms with Crippen LogP contribution in [0.5, 0.6) is 0 Å². The predicted molar refractivity (Wildman–Crippen MR) is 64.5 cm³/mol. The number of esters is 1. The fraction of sp³-hybridized carbons (Fsp3) is 0.889. The van der Waals surface area contributed by atoms with Crippen molar-refractivity contribution in [3.8, 4) is 0 Å². The molecule has 2 nitrogen and oxygen atoms in total. The van der Waals surface area contributed by atoms with Crippen molar-refractivity contribution in [3.05, 3.63) is 0 Å². The topological polar surface area (TPSA) is 26.3 Å². The first-order valence-electron chi connectivity index (χ1n) is 4.81. The van der Waals surface area contributed by atoms with Gasteiger partial charge in [0.05, 0.1) is 12.4 Å². The van der Waals surface area contributed by atoms with Crippen molar-refractivity contribution < 1.29 is 9.53 Å². The minimum atomic E-state index is -0.637. The summed E-state index contributed by atoms with van der Waals surface area (Å²) >= 11 is 3.11. The summed E-state index contributed by atoms with van der Waals surface area (Å²) in [5, 5.41) is 0. The van der Waals surface area contributed by atoms with Crippen LogP contribution in [0.1, 0.15) is 19.8 Å². The normalized spacial score (nSPS) is 9.08. The Kier molecular flexibility index (Phi) is 15.6. The first-order chi connectivity index (χ1) is 6.04. The van der Waals surface area contributed by atoms with E-state index in [4.69, 9.17) is 4.74 Å². The van der Waals surface area contributed by atoms with Crippen LogP contribution in [-0.2, 0) is 9.53 Å². The van der Waals surface area contributed by atoms with Gasteiger partial charge in [-0.2, -0.15) is 12.6 Å². The van der Waals surface area contributed by atoms with Gasteiger partial charge >= 0.3 is 40.5 Å². The molecule has 0 aromatic rings. The van der Waals surface area contributed by atoms with Crippen molar-refractivity contribution in [2.75, 3.05) is 12.4 Å². The molecule has 0 fully saturated rings. The number of rotatable bonds is 4. The van der Waals surface area contributed by atoms with Gasteiger partial charge in [-0.15, -0.1) is 0 Å². The summed E-state index contributed by atoms with van der Waals surface area (Å²) in [6.07, 6.45) is 2.00. The van der Waals surface area contributed by atoms with E-state index >= 15 is 0 Å². The molecule has 0 aliphatic carbocycles. The third kappa shape index (κ3) is 24.5. The second-order valence-corrected chi connectivity index (χ2v) is 13.7. The Balaban J connectivity index is 0. The molecule has 0 N–H and O–H groups in total. The molecule has 0 spiro atoms. The fourth-order valence-corrected chi connectivity index (χ4v) is 0.467. The van der Waals surface area contributed by atoms with Gasteiger partial charge < -0.3 is 4.74 Å². The quantitative estimate of drug-likeness (QED) is 0.373. The van der Waals surface area contributed by atoms with Crippen LogP contribution in [0.3, 0.4) is 0 Å². The van der Waals surface area contributed by atoms with E-state index in [0.717, 1.165) is 12.8 Å². The second kappa shape index (κ2) is 12.6. The third-order valence-electron chi connectivity index (χ3n) is 0.890. The van der Waals surface area contributed by atoms with Gasteiger partial charge in [0, 0.05) is 0 Å². The number of carbonyl (C=O) groups is 1. The summed E-state index contributed by atoms with van der Waals surface area (Å²) in [5.74, 6) is -0.0456. The summed E-state index contributed by atoms with van der Waals surface area (Å²) in [5.41, 5.74) is 0. The molecule has 0 atom stereocenters. The molecule has 0 amide bonds. The Labute approximate surface area is 94.6 Å². The Morgan fingerprint density at radius 1 is 1.38 bits per heavy atom. The predicted octanol–water partition coefficient (Wildman–Crippen LogP) is 2.36. The minimum absolute atomic E-state index is 0.184. The Morgan fingerprint density at radius 2 is 1.85 bits per heavy atom. The van der Waals surface area contributed by atoms with Gasteiger partial charge in [-0.25, -0.2) is 0 Å². The molecule has 0 rings (SSSR count). The van der Waals surface area contributed by atoms with Gasteiger partial charge in [-0.3, -0.25) is 4.79 Å². The zero-order valence-corrected chi connectivity index (χ0v) is 13.4. The average molecular weight is 313 g/mol. The Bertz CT molecular complexity index is 115. The molecular weight excluding hydrogens is 291 g/mol. The summed E-state index contributed by atoms with van der Waals surface area (Å²) < 4.78 is 4.72. The van der Waals surface area contributed by atoms with E-state index in [9.17, 15) is 4.79 Å². The van der Waals surface area contributed by atoms with E-state index in [1.807, 2.05) is 0 Å². The van der Waals surface area contributed by atoms with E-state index in [1.165, 1.54) is 0 Å². The number of carbonyl (C=O) groups excluding carboxylic acids is 1. The van der Waals surface area contributed by atoms with E-state index < -0.39 is 19.8 Å². The zero-order chi connectivity index (χ0) is 10.7. The average Bonchev–Trinajstić information content (AvgIpc) is 2.03. The molecule has 4 heteroatoms. The van der Waals surface area contributed by atoms with Crippen LogP contribution in [0.25, 0.3) is 0 Å². The summed E-state index contributed by atoms with van der Waals surface area (Å²) in [6.45, 7) is 2.59. The molecule has 0 saturated heterocycles. The molecule has 0 bridgehead atoms. The number of unbranched alkanes of at least 4 members (excludes halogenated alkanes) is 1. The van der Waals surface area contributed by atoms with Crippen molar-refractivity contribution in [2.24, 2.45) is 0 Å². The Hall–Kier alpha value is 0.619. The first kappa shape index (κ1) is 16.1. The summed E-state index contributed by atoms with van der Waals surface area (Å²) in [4.78, 5) is 17.5. The molecule has 0 radical (unpaired) electrons. The zero-order valence-electron chi connectivity index (χ0n) is 9.17. The maximum atomic E-state index is 10.4. The molecule has 13 heavy (non-hydrogen) atoms. The monoisotopic (exact) mass is 314 g/mol. The number of ether oxygens (including phenoxy) is 1. The molecule has 0 aliphatic heterocycles. The standard InChI is InChI=1S/C6H12O2S.3CH3.Sn.H/c1-2-3-4-8-6(7)5-9;;;;;/h9H,2-5H2,1H3;3*1H3;;. The van der Waals surface area contributed by atoms with E-state index in [0.29, 0.717) is 6.61 Å². The van der Waals surface area contributed by atoms with Gasteiger partial charge in [0.2, 0.25) is 0 Å². The first-order valence-corrected chi connectivity index (χ1v) is 15.3. The van der Waals surface area contributed by atoms with Crippen molar-refractivity contribution in [3.63, 3.8) is 0 Å². The third-order valence-corrected chi connectivity index (χ3v) is 1.15. The number of thiol groups is 1. The van der Waals surface area contributed by atoms with Gasteiger partial charge in [-0.05, 0) is 6.42 Å². The molecule has 80 valence electrons. The van der Waals surface area contributed by atoms with Gasteiger partial charge in [0.25, 0.3) is 0 Å². The second-order valence-electron chi connectivity index (χ2n) is 3.46. The molecule has 0 unspecified atom stereocenters. The van der Waals surface area contributed by atoms with Crippen LogP contribution < -0.4 is 0 Å². The molecule has 0 saturated carbocycles. The van der Waals surface area contributed by atoms with Crippen molar-refractivity contribution in [1.82, 2.24) is 0 Å². The molecule has 0 aromatic carbocycles. The van der Waals surface area contributed by atoms with E-state index in [2.05, 4.69) is 34.4 Å². The van der Waals surface area contributed by atoms with Crippen LogP contribution >= 0.6 is 12.6 Å². The number of hydrogen-bond donors (Lipinski definition) is 1. The van der Waals surface area contributed by atoms with Gasteiger partial charge in [0.1, 0.15) is 0 Å². The Morgan fingerprint density at radius 3 is 2.15 bits per heavy atom. The van der Waals surface area contributed by atoms with Crippen molar-refractivity contribution in [1.29, 1.82) is 0 Å². The molecule has 0 aliphatic rings. The van der Waals surface area contributed by atoms with Crippen LogP contribution in [0.2, 0.25) is 14.8 Å². The molecular formula is C9H22O2SSn. The van der Waals surface area contributed by atoms with E-state index in [1.54, 1.807) is 0 Å². The molecule has 0 aromatic heterocycles. The van der Waals surface area contributed by atoms with Gasteiger partial charge in [0.15, 0.2) is 0 Å². The SMILES string of the molecule is CCCCOC(=O)CS.[CH3][SnH]([CH3])[CH3]. The summed E-state index contributed by atoms with van der Waals surface area (Å²) in [7, 11) is 0. The molecule has 0 heterocycles. The van der Waals surface area contributed by atoms with E-state index in [-0.39, 0.29) is 11.7 Å². The van der Waals surface area contributed by atoms with Crippen molar-refractivity contribution in [2.45, 2.75) is 34.6 Å². The van der Waals surface area contributed by atoms with Crippen molar-refractivity contribution >= 4 is 38.4 Å². The summed E-state index contributed by atoms with van der Waals surface area (Å²) in [6, 6.07) is 0. The van der Waals surface area contributed by atoms with Crippen LogP contribution in [0.15, 0.2) is 0 Å². The van der Waals surface area contributed by atoms with Gasteiger partial charge in [-0.1, -0.05) is 13.3 Å². The van der Waals surface area contributed by atoms with Crippen LogP contribution in [0.4, 0.5) is 0 Å². The van der Waals surface area contributed by atoms with Crippen LogP contribution in [0, 0.1) is 0 Å². The number of hydrogen-bond acceptors (Lipinski definition) is 3. The van der Waals surface area contributed by atoms with Crippen LogP contribution in [-0.4, -0.2) is 38.1 Å².